The second-order valence-corrected chi connectivity index (χ2v) is 8.47. The largest absolute Gasteiger partial charge is 0.465 e. The molecule has 0 saturated heterocycles. The molecule has 1 saturated carbocycles. The Morgan fingerprint density at radius 1 is 1.33 bits per heavy atom. The van der Waals surface area contributed by atoms with Gasteiger partial charge in [0.1, 0.15) is 0 Å². The Morgan fingerprint density at radius 2 is 2.00 bits per heavy atom. The quantitative estimate of drug-likeness (QED) is 0.741. The van der Waals surface area contributed by atoms with Gasteiger partial charge in [0.2, 0.25) is 0 Å². The SMILES string of the molecule is COC(=O)c1ccc(CS(=O)(=O)CC2CCCC2)c(Br)c1. The fourth-order valence-electron chi connectivity index (χ4n) is 2.74. The van der Waals surface area contributed by atoms with E-state index >= 15 is 0 Å². The van der Waals surface area contributed by atoms with E-state index in [1.165, 1.54) is 7.11 Å². The number of carbonyl (C=O) groups excluding carboxylic acids is 1. The van der Waals surface area contributed by atoms with Crippen LogP contribution in [0.25, 0.3) is 0 Å². The van der Waals surface area contributed by atoms with Crippen LogP contribution in [0, 0.1) is 5.92 Å². The zero-order valence-electron chi connectivity index (χ0n) is 12.0. The number of carbonyl (C=O) groups is 1. The van der Waals surface area contributed by atoms with Gasteiger partial charge in [-0.25, -0.2) is 13.2 Å². The van der Waals surface area contributed by atoms with Gasteiger partial charge in [0.25, 0.3) is 0 Å². The van der Waals surface area contributed by atoms with E-state index in [9.17, 15) is 13.2 Å². The summed E-state index contributed by atoms with van der Waals surface area (Å²) in [6, 6.07) is 4.87. The molecule has 0 amide bonds. The van der Waals surface area contributed by atoms with Gasteiger partial charge in [-0.1, -0.05) is 34.8 Å². The van der Waals surface area contributed by atoms with Gasteiger partial charge in [0, 0.05) is 4.47 Å². The maximum absolute atomic E-state index is 12.3. The highest BCUT2D eigenvalue weighted by atomic mass is 79.9. The molecule has 0 unspecified atom stereocenters. The molecular weight excluding hydrogens is 356 g/mol. The summed E-state index contributed by atoms with van der Waals surface area (Å²) in [6.07, 6.45) is 4.30. The van der Waals surface area contributed by atoms with E-state index < -0.39 is 15.8 Å². The van der Waals surface area contributed by atoms with Crippen molar-refractivity contribution in [1.29, 1.82) is 0 Å². The lowest BCUT2D eigenvalue weighted by Crippen LogP contribution is -2.16. The van der Waals surface area contributed by atoms with Crippen molar-refractivity contribution >= 4 is 31.7 Å². The molecule has 1 fully saturated rings. The van der Waals surface area contributed by atoms with Crippen LogP contribution in [0.1, 0.15) is 41.6 Å². The highest BCUT2D eigenvalue weighted by Crippen LogP contribution is 2.28. The van der Waals surface area contributed by atoms with Crippen molar-refractivity contribution in [2.45, 2.75) is 31.4 Å². The summed E-state index contributed by atoms with van der Waals surface area (Å²) in [5.41, 5.74) is 1.09. The molecule has 1 aliphatic rings. The molecule has 116 valence electrons. The van der Waals surface area contributed by atoms with Crippen LogP contribution in [-0.2, 0) is 20.3 Å². The second-order valence-electron chi connectivity index (χ2n) is 5.50. The predicted octanol–water partition coefficient (Wildman–Crippen LogP) is 3.34. The predicted molar refractivity (Wildman–Crippen MR) is 84.9 cm³/mol. The molecule has 0 atom stereocenters. The van der Waals surface area contributed by atoms with E-state index in [1.54, 1.807) is 18.2 Å². The van der Waals surface area contributed by atoms with Crippen LogP contribution in [0.4, 0.5) is 0 Å². The maximum Gasteiger partial charge on any atom is 0.337 e. The van der Waals surface area contributed by atoms with E-state index in [2.05, 4.69) is 20.7 Å². The third kappa shape index (κ3) is 4.54. The second kappa shape index (κ2) is 6.92. The number of hydrogen-bond acceptors (Lipinski definition) is 4. The van der Waals surface area contributed by atoms with E-state index in [1.807, 2.05) is 0 Å². The molecule has 2 rings (SSSR count). The van der Waals surface area contributed by atoms with Gasteiger partial charge in [-0.3, -0.25) is 0 Å². The molecule has 1 aromatic carbocycles. The minimum atomic E-state index is -3.13. The Balaban J connectivity index is 2.09. The molecular formula is C15H19BrO4S. The monoisotopic (exact) mass is 374 g/mol. The Bertz CT molecular complexity index is 619. The Hall–Kier alpha value is -0.880. The van der Waals surface area contributed by atoms with Crippen LogP contribution >= 0.6 is 15.9 Å². The van der Waals surface area contributed by atoms with Crippen molar-refractivity contribution in [3.8, 4) is 0 Å². The van der Waals surface area contributed by atoms with Gasteiger partial charge in [0.05, 0.1) is 24.2 Å². The van der Waals surface area contributed by atoms with Crippen LogP contribution in [0.5, 0.6) is 0 Å². The van der Waals surface area contributed by atoms with Gasteiger partial charge in [-0.2, -0.15) is 0 Å². The highest BCUT2D eigenvalue weighted by molar-refractivity contribution is 9.10. The molecule has 6 heteroatoms. The number of methoxy groups -OCH3 is 1. The lowest BCUT2D eigenvalue weighted by atomic mass is 10.1. The summed E-state index contributed by atoms with van der Waals surface area (Å²) in [5, 5.41) is 0. The molecule has 0 heterocycles. The molecule has 4 nitrogen and oxygen atoms in total. The van der Waals surface area contributed by atoms with Crippen molar-refractivity contribution in [2.75, 3.05) is 12.9 Å². The lowest BCUT2D eigenvalue weighted by molar-refractivity contribution is 0.0600. The summed E-state index contributed by atoms with van der Waals surface area (Å²) in [5.74, 6) is 0.142. The topological polar surface area (TPSA) is 60.4 Å². The van der Waals surface area contributed by atoms with Gasteiger partial charge in [-0.05, 0) is 36.5 Å². The zero-order chi connectivity index (χ0) is 15.5. The maximum atomic E-state index is 12.3. The summed E-state index contributed by atoms with van der Waals surface area (Å²) in [4.78, 5) is 11.4. The Morgan fingerprint density at radius 3 is 2.57 bits per heavy atom. The van der Waals surface area contributed by atoms with E-state index in [-0.39, 0.29) is 11.5 Å². The van der Waals surface area contributed by atoms with E-state index in [4.69, 9.17) is 0 Å². The van der Waals surface area contributed by atoms with Gasteiger partial charge >= 0.3 is 5.97 Å². The number of esters is 1. The molecule has 0 spiro atoms. The molecule has 0 aromatic heterocycles. The third-order valence-corrected chi connectivity index (χ3v) is 6.28. The number of hydrogen-bond donors (Lipinski definition) is 0. The van der Waals surface area contributed by atoms with Crippen LogP contribution in [0.3, 0.4) is 0 Å². The molecule has 0 radical (unpaired) electrons. The first-order valence-electron chi connectivity index (χ1n) is 6.98. The van der Waals surface area contributed by atoms with Gasteiger partial charge < -0.3 is 4.74 Å². The number of benzene rings is 1. The van der Waals surface area contributed by atoms with Gasteiger partial charge in [0.15, 0.2) is 9.84 Å². The number of halogens is 1. The van der Waals surface area contributed by atoms with Crippen molar-refractivity contribution in [3.05, 3.63) is 33.8 Å². The molecule has 1 aliphatic carbocycles. The molecule has 0 N–H and O–H groups in total. The summed E-state index contributed by atoms with van der Waals surface area (Å²) in [6.45, 7) is 0. The van der Waals surface area contributed by atoms with E-state index in [0.717, 1.165) is 25.7 Å². The smallest absolute Gasteiger partial charge is 0.337 e. The van der Waals surface area contributed by atoms with Crippen molar-refractivity contribution in [2.24, 2.45) is 5.92 Å². The summed E-state index contributed by atoms with van der Waals surface area (Å²) >= 11 is 3.34. The molecule has 0 aliphatic heterocycles. The first kappa shape index (κ1) is 16.5. The fraction of sp³-hybridized carbons (Fsp3) is 0.533. The van der Waals surface area contributed by atoms with Gasteiger partial charge in [-0.15, -0.1) is 0 Å². The van der Waals surface area contributed by atoms with E-state index in [0.29, 0.717) is 21.5 Å². The Labute approximate surface area is 133 Å². The number of sulfone groups is 1. The highest BCUT2D eigenvalue weighted by Gasteiger charge is 2.23. The number of ether oxygens (including phenoxy) is 1. The van der Waals surface area contributed by atoms with Crippen LogP contribution < -0.4 is 0 Å². The molecule has 1 aromatic rings. The summed E-state index contributed by atoms with van der Waals surface area (Å²) < 4.78 is 29.8. The fourth-order valence-corrected chi connectivity index (χ4v) is 5.34. The first-order valence-corrected chi connectivity index (χ1v) is 9.60. The third-order valence-electron chi connectivity index (χ3n) is 3.81. The zero-order valence-corrected chi connectivity index (χ0v) is 14.4. The summed E-state index contributed by atoms with van der Waals surface area (Å²) in [7, 11) is -1.81. The van der Waals surface area contributed by atoms with Crippen LogP contribution in [0.2, 0.25) is 0 Å². The van der Waals surface area contributed by atoms with Crippen molar-refractivity contribution in [1.82, 2.24) is 0 Å². The minimum Gasteiger partial charge on any atom is -0.465 e. The van der Waals surface area contributed by atoms with Crippen LogP contribution in [-0.4, -0.2) is 27.2 Å². The normalized spacial score (nSPS) is 16.1. The molecule has 0 bridgehead atoms. The average Bonchev–Trinajstić information content (AvgIpc) is 2.92. The molecule has 21 heavy (non-hydrogen) atoms. The van der Waals surface area contributed by atoms with Crippen molar-refractivity contribution in [3.63, 3.8) is 0 Å². The standard InChI is InChI=1S/C15H19BrO4S/c1-20-15(17)12-6-7-13(14(16)8-12)10-21(18,19)9-11-4-2-3-5-11/h6-8,11H,2-5,9-10H2,1H3. The lowest BCUT2D eigenvalue weighted by Gasteiger charge is -2.11. The van der Waals surface area contributed by atoms with Crippen molar-refractivity contribution < 1.29 is 17.9 Å². The minimum absolute atomic E-state index is 0.00549. The Kier molecular flexibility index (Phi) is 5.43. The average molecular weight is 375 g/mol. The van der Waals surface area contributed by atoms with Crippen LogP contribution in [0.15, 0.2) is 22.7 Å². The number of rotatable bonds is 5. The first-order chi connectivity index (χ1) is 9.91.